The number of likely N-dealkylation sites (tertiary alicyclic amines) is 1. The maximum Gasteiger partial charge on any atom is 0.410 e. The van der Waals surface area contributed by atoms with Crippen molar-refractivity contribution >= 4 is 12.1 Å². The Bertz CT molecular complexity index is 401. The number of hydrogen-bond acceptors (Lipinski definition) is 3. The van der Waals surface area contributed by atoms with Crippen molar-refractivity contribution < 1.29 is 19.4 Å². The van der Waals surface area contributed by atoms with Gasteiger partial charge >= 0.3 is 12.1 Å². The molecule has 1 heterocycles. The minimum atomic E-state index is -0.695. The number of carboxylic acid groups (broad SMARTS) is 1. The quantitative estimate of drug-likeness (QED) is 0.803. The molecule has 2 atom stereocenters. The molecule has 5 nitrogen and oxygen atoms in total. The van der Waals surface area contributed by atoms with E-state index in [1.54, 1.807) is 4.90 Å². The summed E-state index contributed by atoms with van der Waals surface area (Å²) in [6.07, 6.45) is 4.06. The second-order valence-electron chi connectivity index (χ2n) is 7.28. The molecule has 0 bridgehead atoms. The summed E-state index contributed by atoms with van der Waals surface area (Å²) < 4.78 is 5.40. The highest BCUT2D eigenvalue weighted by atomic mass is 16.6. The summed E-state index contributed by atoms with van der Waals surface area (Å²) >= 11 is 0. The van der Waals surface area contributed by atoms with Crippen LogP contribution in [0, 0.1) is 11.3 Å². The molecule has 1 aliphatic carbocycles. The number of rotatable bonds is 1. The maximum absolute atomic E-state index is 12.1. The number of carboxylic acids is 1. The van der Waals surface area contributed by atoms with Crippen LogP contribution in [0.2, 0.25) is 0 Å². The van der Waals surface area contributed by atoms with E-state index in [4.69, 9.17) is 4.74 Å². The molecule has 1 aliphatic heterocycles. The number of hydrogen-bond donors (Lipinski definition) is 1. The first-order valence-corrected chi connectivity index (χ1v) is 7.42. The summed E-state index contributed by atoms with van der Waals surface area (Å²) in [5.41, 5.74) is -0.485. The molecule has 5 heteroatoms. The lowest BCUT2D eigenvalue weighted by atomic mass is 9.69. The Hall–Kier alpha value is -1.26. The van der Waals surface area contributed by atoms with E-state index in [-0.39, 0.29) is 17.4 Å². The molecule has 1 saturated heterocycles. The molecule has 0 aromatic rings. The van der Waals surface area contributed by atoms with Crippen molar-refractivity contribution in [2.75, 3.05) is 13.1 Å². The Morgan fingerprint density at radius 2 is 2.00 bits per heavy atom. The van der Waals surface area contributed by atoms with Gasteiger partial charge in [-0.15, -0.1) is 0 Å². The van der Waals surface area contributed by atoms with Gasteiger partial charge in [-0.05, 0) is 51.9 Å². The number of aliphatic carboxylic acids is 1. The second-order valence-corrected chi connectivity index (χ2v) is 7.28. The molecule has 2 unspecified atom stereocenters. The van der Waals surface area contributed by atoms with Crippen LogP contribution in [0.4, 0.5) is 4.79 Å². The molecule has 2 rings (SSSR count). The molecule has 1 spiro atoms. The highest BCUT2D eigenvalue weighted by Crippen LogP contribution is 2.46. The molecule has 0 aromatic carbocycles. The largest absolute Gasteiger partial charge is 0.481 e. The Labute approximate surface area is 120 Å². The van der Waals surface area contributed by atoms with Gasteiger partial charge in [-0.2, -0.15) is 0 Å². The molecule has 0 aromatic heterocycles. The predicted molar refractivity (Wildman–Crippen MR) is 74.5 cm³/mol. The SMILES string of the molecule is CC(C)(C)OC(=O)N1CCC2(CCCC(C(=O)O)C2)C1. The Kier molecular flexibility index (Phi) is 3.98. The lowest BCUT2D eigenvalue weighted by molar-refractivity contribution is -0.144. The third-order valence-electron chi connectivity index (χ3n) is 4.38. The van der Waals surface area contributed by atoms with Gasteiger partial charge in [0.1, 0.15) is 5.60 Å². The van der Waals surface area contributed by atoms with Crippen LogP contribution in [0.5, 0.6) is 0 Å². The van der Waals surface area contributed by atoms with Crippen molar-refractivity contribution in [3.63, 3.8) is 0 Å². The van der Waals surface area contributed by atoms with Gasteiger partial charge in [0.15, 0.2) is 0 Å². The zero-order valence-corrected chi connectivity index (χ0v) is 12.6. The first kappa shape index (κ1) is 15.1. The van der Waals surface area contributed by atoms with Crippen molar-refractivity contribution in [2.45, 2.75) is 58.5 Å². The topological polar surface area (TPSA) is 66.8 Å². The van der Waals surface area contributed by atoms with Gasteiger partial charge in [-0.25, -0.2) is 4.79 Å². The molecule has 2 fully saturated rings. The molecule has 1 saturated carbocycles. The Balaban J connectivity index is 1.97. The first-order valence-electron chi connectivity index (χ1n) is 7.42. The van der Waals surface area contributed by atoms with Crippen molar-refractivity contribution in [1.82, 2.24) is 4.90 Å². The summed E-state index contributed by atoms with van der Waals surface area (Å²) in [6.45, 7) is 6.90. The smallest absolute Gasteiger partial charge is 0.410 e. The number of nitrogens with zero attached hydrogens (tertiary/aromatic N) is 1. The highest BCUT2D eigenvalue weighted by Gasteiger charge is 2.45. The minimum absolute atomic E-state index is 0.00177. The van der Waals surface area contributed by atoms with E-state index in [1.165, 1.54) is 0 Å². The fraction of sp³-hybridized carbons (Fsp3) is 0.867. The normalized spacial score (nSPS) is 30.6. The lowest BCUT2D eigenvalue weighted by Gasteiger charge is -2.36. The molecule has 20 heavy (non-hydrogen) atoms. The molecule has 0 radical (unpaired) electrons. The van der Waals surface area contributed by atoms with Gasteiger partial charge in [-0.1, -0.05) is 6.42 Å². The van der Waals surface area contributed by atoms with E-state index >= 15 is 0 Å². The van der Waals surface area contributed by atoms with E-state index in [1.807, 2.05) is 20.8 Å². The van der Waals surface area contributed by atoms with Crippen LogP contribution in [-0.4, -0.2) is 40.8 Å². The summed E-state index contributed by atoms with van der Waals surface area (Å²) in [7, 11) is 0. The molecule has 1 N–H and O–H groups in total. The number of carbonyl (C=O) groups is 2. The van der Waals surface area contributed by atoms with Crippen LogP contribution in [0.1, 0.15) is 52.9 Å². The molecule has 1 amide bonds. The zero-order chi connectivity index (χ0) is 15.0. The van der Waals surface area contributed by atoms with Crippen LogP contribution in [-0.2, 0) is 9.53 Å². The summed E-state index contributed by atoms with van der Waals surface area (Å²) in [5, 5.41) is 9.20. The van der Waals surface area contributed by atoms with Crippen LogP contribution in [0.25, 0.3) is 0 Å². The zero-order valence-electron chi connectivity index (χ0n) is 12.6. The maximum atomic E-state index is 12.1. The van der Waals surface area contributed by atoms with E-state index in [0.29, 0.717) is 19.5 Å². The standard InChI is InChI=1S/C15H25NO4/c1-14(2,3)20-13(19)16-8-7-15(10-16)6-4-5-11(9-15)12(17)18/h11H,4-10H2,1-3H3,(H,17,18). The second kappa shape index (κ2) is 5.26. The first-order chi connectivity index (χ1) is 9.21. The molecular weight excluding hydrogens is 258 g/mol. The van der Waals surface area contributed by atoms with Crippen LogP contribution in [0.3, 0.4) is 0 Å². The van der Waals surface area contributed by atoms with Gasteiger partial charge in [0, 0.05) is 13.1 Å². The highest BCUT2D eigenvalue weighted by molar-refractivity contribution is 5.70. The van der Waals surface area contributed by atoms with Crippen molar-refractivity contribution in [3.8, 4) is 0 Å². The minimum Gasteiger partial charge on any atom is -0.481 e. The van der Waals surface area contributed by atoms with Gasteiger partial charge in [-0.3, -0.25) is 4.79 Å². The number of ether oxygens (including phenoxy) is 1. The summed E-state index contributed by atoms with van der Waals surface area (Å²) in [6, 6.07) is 0. The van der Waals surface area contributed by atoms with Crippen LogP contribution < -0.4 is 0 Å². The van der Waals surface area contributed by atoms with E-state index in [9.17, 15) is 14.7 Å². The number of carbonyl (C=O) groups excluding carboxylic acids is 1. The fourth-order valence-electron chi connectivity index (χ4n) is 3.45. The van der Waals surface area contributed by atoms with Crippen molar-refractivity contribution in [1.29, 1.82) is 0 Å². The number of amides is 1. The fourth-order valence-corrected chi connectivity index (χ4v) is 3.45. The molecule has 2 aliphatic rings. The van der Waals surface area contributed by atoms with Crippen molar-refractivity contribution in [2.24, 2.45) is 11.3 Å². The van der Waals surface area contributed by atoms with Gasteiger partial charge in [0.2, 0.25) is 0 Å². The summed E-state index contributed by atoms with van der Waals surface area (Å²) in [5.74, 6) is -0.942. The van der Waals surface area contributed by atoms with Gasteiger partial charge < -0.3 is 14.7 Å². The van der Waals surface area contributed by atoms with Crippen LogP contribution in [0.15, 0.2) is 0 Å². The van der Waals surface area contributed by atoms with Gasteiger partial charge in [0.25, 0.3) is 0 Å². The van der Waals surface area contributed by atoms with E-state index in [2.05, 4.69) is 0 Å². The molecular formula is C15H25NO4. The van der Waals surface area contributed by atoms with E-state index < -0.39 is 11.6 Å². The van der Waals surface area contributed by atoms with Crippen molar-refractivity contribution in [3.05, 3.63) is 0 Å². The average Bonchev–Trinajstić information content (AvgIpc) is 2.71. The average molecular weight is 283 g/mol. The predicted octanol–water partition coefficient (Wildman–Crippen LogP) is 2.89. The Morgan fingerprint density at radius 1 is 1.30 bits per heavy atom. The van der Waals surface area contributed by atoms with Crippen LogP contribution >= 0.6 is 0 Å². The van der Waals surface area contributed by atoms with Gasteiger partial charge in [0.05, 0.1) is 5.92 Å². The molecule has 114 valence electrons. The Morgan fingerprint density at radius 3 is 2.60 bits per heavy atom. The van der Waals surface area contributed by atoms with E-state index in [0.717, 1.165) is 25.7 Å². The summed E-state index contributed by atoms with van der Waals surface area (Å²) in [4.78, 5) is 25.0. The third-order valence-corrected chi connectivity index (χ3v) is 4.38. The monoisotopic (exact) mass is 283 g/mol. The lowest BCUT2D eigenvalue weighted by Crippen LogP contribution is -2.39. The third kappa shape index (κ3) is 3.44.